The van der Waals surface area contributed by atoms with Gasteiger partial charge in [-0.15, -0.1) is 0 Å². The first-order valence-corrected chi connectivity index (χ1v) is 8.82. The van der Waals surface area contributed by atoms with Crippen LogP contribution in [0.1, 0.15) is 35.5 Å². The highest BCUT2D eigenvalue weighted by Crippen LogP contribution is 2.39. The van der Waals surface area contributed by atoms with E-state index < -0.39 is 0 Å². The molecule has 2 N–H and O–H groups in total. The number of carbonyl (C=O) groups excluding carboxylic acids is 1. The molecule has 3 aromatic rings. The molecule has 5 rings (SSSR count). The lowest BCUT2D eigenvalue weighted by Crippen LogP contribution is -2.08. The van der Waals surface area contributed by atoms with Crippen molar-refractivity contribution >= 4 is 34.3 Å². The monoisotopic (exact) mass is 346 g/mol. The molecule has 2 aliphatic rings. The number of benzene rings is 1. The van der Waals surface area contributed by atoms with Crippen LogP contribution in [0.3, 0.4) is 0 Å². The van der Waals surface area contributed by atoms with Gasteiger partial charge in [-0.2, -0.15) is 0 Å². The van der Waals surface area contributed by atoms with E-state index in [1.807, 2.05) is 24.3 Å². The van der Waals surface area contributed by atoms with Gasteiger partial charge >= 0.3 is 0 Å². The molecule has 0 atom stereocenters. The Bertz CT molecular complexity index is 1080. The van der Waals surface area contributed by atoms with Crippen molar-refractivity contribution in [2.75, 3.05) is 12.4 Å². The Morgan fingerprint density at radius 1 is 1.12 bits per heavy atom. The molecule has 0 fully saturated rings. The number of hydrogen-bond acceptors (Lipinski definition) is 4. The number of methoxy groups -OCH3 is 1. The molecule has 0 spiro atoms. The van der Waals surface area contributed by atoms with Crippen LogP contribution in [-0.2, 0) is 17.6 Å². The molecular weight excluding hydrogens is 328 g/mol. The van der Waals surface area contributed by atoms with Crippen molar-refractivity contribution in [3.05, 3.63) is 47.0 Å². The minimum atomic E-state index is -0.135. The molecule has 1 aromatic carbocycles. The number of ether oxygens (including phenoxy) is 1. The van der Waals surface area contributed by atoms with Gasteiger partial charge in [0.25, 0.3) is 5.91 Å². The highest BCUT2D eigenvalue weighted by molar-refractivity contribution is 6.37. The van der Waals surface area contributed by atoms with Crippen LogP contribution in [0, 0.1) is 0 Å². The number of aryl methyl sites for hydroxylation is 2. The van der Waals surface area contributed by atoms with E-state index in [4.69, 9.17) is 14.7 Å². The second kappa shape index (κ2) is 5.69. The number of rotatable bonds is 2. The molecule has 6 nitrogen and oxygen atoms in total. The van der Waals surface area contributed by atoms with Crippen LogP contribution in [-0.4, -0.2) is 28.0 Å². The van der Waals surface area contributed by atoms with Gasteiger partial charge in [0.2, 0.25) is 0 Å². The summed E-state index contributed by atoms with van der Waals surface area (Å²) in [7, 11) is 1.61. The fourth-order valence-corrected chi connectivity index (χ4v) is 3.80. The fraction of sp³-hybridized carbons (Fsp3) is 0.250. The summed E-state index contributed by atoms with van der Waals surface area (Å²) in [6.07, 6.45) is 7.85. The topological polar surface area (TPSA) is 79.9 Å². The van der Waals surface area contributed by atoms with Gasteiger partial charge < -0.3 is 15.0 Å². The molecule has 1 amide bonds. The average Bonchev–Trinajstić information content (AvgIpc) is 3.24. The van der Waals surface area contributed by atoms with Crippen LogP contribution in [0.5, 0.6) is 5.75 Å². The molecule has 26 heavy (non-hydrogen) atoms. The minimum Gasteiger partial charge on any atom is -0.495 e. The highest BCUT2D eigenvalue weighted by atomic mass is 16.5. The molecule has 0 unspecified atom stereocenters. The molecule has 0 saturated heterocycles. The van der Waals surface area contributed by atoms with E-state index in [0.29, 0.717) is 11.3 Å². The first-order chi connectivity index (χ1) is 12.7. The van der Waals surface area contributed by atoms with Crippen molar-refractivity contribution in [2.24, 2.45) is 0 Å². The van der Waals surface area contributed by atoms with Crippen molar-refractivity contribution in [1.29, 1.82) is 0 Å². The van der Waals surface area contributed by atoms with Gasteiger partial charge in [-0.1, -0.05) is 0 Å². The number of aromatic amines is 1. The predicted molar refractivity (Wildman–Crippen MR) is 100 cm³/mol. The third kappa shape index (κ3) is 2.22. The Kier molecular flexibility index (Phi) is 3.31. The number of hydrogen-bond donors (Lipinski definition) is 2. The van der Waals surface area contributed by atoms with Crippen LogP contribution in [0.25, 0.3) is 22.7 Å². The molecule has 1 aliphatic heterocycles. The van der Waals surface area contributed by atoms with E-state index in [0.717, 1.165) is 65.0 Å². The summed E-state index contributed by atoms with van der Waals surface area (Å²) in [5, 5.41) is 2.94. The number of H-pyrrole nitrogens is 1. The zero-order valence-corrected chi connectivity index (χ0v) is 14.4. The van der Waals surface area contributed by atoms with E-state index in [1.54, 1.807) is 13.3 Å². The van der Waals surface area contributed by atoms with Crippen molar-refractivity contribution in [2.45, 2.75) is 25.7 Å². The van der Waals surface area contributed by atoms with Crippen LogP contribution < -0.4 is 10.1 Å². The lowest BCUT2D eigenvalue weighted by atomic mass is 9.98. The van der Waals surface area contributed by atoms with Crippen molar-refractivity contribution < 1.29 is 9.53 Å². The fourth-order valence-electron chi connectivity index (χ4n) is 3.80. The second-order valence-electron chi connectivity index (χ2n) is 6.65. The summed E-state index contributed by atoms with van der Waals surface area (Å²) in [5.41, 5.74) is 6.73. The molecule has 3 heterocycles. The average molecular weight is 346 g/mol. The third-order valence-electron chi connectivity index (χ3n) is 5.08. The Labute approximate surface area is 150 Å². The summed E-state index contributed by atoms with van der Waals surface area (Å²) >= 11 is 0. The molecule has 0 saturated carbocycles. The van der Waals surface area contributed by atoms with Gasteiger partial charge in [0, 0.05) is 11.8 Å². The molecule has 0 radical (unpaired) electrons. The van der Waals surface area contributed by atoms with E-state index in [1.165, 1.54) is 0 Å². The van der Waals surface area contributed by atoms with Gasteiger partial charge in [-0.25, -0.2) is 9.97 Å². The molecule has 2 aromatic heterocycles. The zero-order chi connectivity index (χ0) is 17.7. The lowest BCUT2D eigenvalue weighted by molar-refractivity contribution is -0.110. The molecule has 0 bridgehead atoms. The van der Waals surface area contributed by atoms with Gasteiger partial charge in [0.05, 0.1) is 46.5 Å². The Morgan fingerprint density at radius 2 is 1.92 bits per heavy atom. The van der Waals surface area contributed by atoms with Gasteiger partial charge in [-0.05, 0) is 50.0 Å². The Hall–Kier alpha value is -3.15. The maximum atomic E-state index is 12.6. The Balaban J connectivity index is 1.74. The van der Waals surface area contributed by atoms with Gasteiger partial charge in [-0.3, -0.25) is 4.79 Å². The SMILES string of the molecule is COc1cc[nH]c1/C=C1\C(=O)Nc2ccc3nc4c(nc3c21)CCCC4. The van der Waals surface area contributed by atoms with E-state index in [2.05, 4.69) is 10.3 Å². The predicted octanol–water partition coefficient (Wildman–Crippen LogP) is 3.34. The summed E-state index contributed by atoms with van der Waals surface area (Å²) in [5.74, 6) is 0.561. The summed E-state index contributed by atoms with van der Waals surface area (Å²) in [6, 6.07) is 5.68. The van der Waals surface area contributed by atoms with Crippen LogP contribution in [0.4, 0.5) is 5.69 Å². The standard InChI is InChI=1S/C20H18N4O2/c1-26-17-8-9-21-16(17)10-11-18-14(24-20(11)25)6-7-15-19(18)23-13-5-3-2-4-12(13)22-15/h6-10,21H,2-5H2,1H3,(H,24,25)/b11-10-. The summed E-state index contributed by atoms with van der Waals surface area (Å²) in [4.78, 5) is 25.5. The molecule has 6 heteroatoms. The quantitative estimate of drug-likeness (QED) is 0.698. The summed E-state index contributed by atoms with van der Waals surface area (Å²) in [6.45, 7) is 0. The number of anilines is 1. The van der Waals surface area contributed by atoms with Gasteiger partial charge in [0.1, 0.15) is 5.75 Å². The summed E-state index contributed by atoms with van der Waals surface area (Å²) < 4.78 is 5.35. The number of nitrogens with zero attached hydrogens (tertiary/aromatic N) is 2. The maximum absolute atomic E-state index is 12.6. The van der Waals surface area contributed by atoms with Crippen LogP contribution in [0.15, 0.2) is 24.4 Å². The number of aromatic nitrogens is 3. The molecular formula is C20H18N4O2. The van der Waals surface area contributed by atoms with E-state index in [-0.39, 0.29) is 5.91 Å². The second-order valence-corrected chi connectivity index (χ2v) is 6.65. The van der Waals surface area contributed by atoms with Crippen LogP contribution in [0.2, 0.25) is 0 Å². The first-order valence-electron chi connectivity index (χ1n) is 8.82. The largest absolute Gasteiger partial charge is 0.495 e. The number of nitrogens with one attached hydrogen (secondary N) is 2. The first kappa shape index (κ1) is 15.1. The van der Waals surface area contributed by atoms with Gasteiger partial charge in [0.15, 0.2) is 0 Å². The molecule has 130 valence electrons. The smallest absolute Gasteiger partial charge is 0.256 e. The number of carbonyl (C=O) groups is 1. The lowest BCUT2D eigenvalue weighted by Gasteiger charge is -2.15. The van der Waals surface area contributed by atoms with E-state index >= 15 is 0 Å². The van der Waals surface area contributed by atoms with Crippen LogP contribution >= 0.6 is 0 Å². The highest BCUT2D eigenvalue weighted by Gasteiger charge is 2.28. The van der Waals surface area contributed by atoms with Crippen molar-refractivity contribution in [3.8, 4) is 5.75 Å². The molecule has 1 aliphatic carbocycles. The Morgan fingerprint density at radius 3 is 2.73 bits per heavy atom. The number of fused-ring (bicyclic) bond motifs is 4. The normalized spacial score (nSPS) is 17.3. The van der Waals surface area contributed by atoms with E-state index in [9.17, 15) is 4.79 Å². The van der Waals surface area contributed by atoms with Crippen molar-refractivity contribution in [3.63, 3.8) is 0 Å². The number of amides is 1. The maximum Gasteiger partial charge on any atom is 0.256 e. The van der Waals surface area contributed by atoms with Crippen molar-refractivity contribution in [1.82, 2.24) is 15.0 Å². The minimum absolute atomic E-state index is 0.135. The zero-order valence-electron chi connectivity index (χ0n) is 14.4. The third-order valence-corrected chi connectivity index (χ3v) is 5.08.